The third-order valence-corrected chi connectivity index (χ3v) is 6.30. The molecule has 2 heterocycles. The third kappa shape index (κ3) is 15.1. The van der Waals surface area contributed by atoms with Gasteiger partial charge in [0.1, 0.15) is 6.04 Å². The monoisotopic (exact) mass is 667 g/mol. The Hall–Kier alpha value is -5.83. The Morgan fingerprint density at radius 1 is 0.383 bits per heavy atom. The highest BCUT2D eigenvalue weighted by molar-refractivity contribution is 5.95. The highest BCUT2D eigenvalue weighted by Gasteiger charge is 2.37. The zero-order valence-electron chi connectivity index (χ0n) is 25.2. The van der Waals surface area contributed by atoms with E-state index in [-0.39, 0.29) is 19.5 Å². The molecule has 1 unspecified atom stereocenters. The summed E-state index contributed by atoms with van der Waals surface area (Å²) in [6, 6.07) is -0.882. The van der Waals surface area contributed by atoms with Crippen LogP contribution in [0, 0.1) is 0 Å². The van der Waals surface area contributed by atoms with Crippen LogP contribution >= 0.6 is 0 Å². The van der Waals surface area contributed by atoms with Crippen LogP contribution < -0.4 is 53.2 Å². The van der Waals surface area contributed by atoms with E-state index in [9.17, 15) is 52.7 Å². The number of carbonyl (C=O) groups is 11. The Bertz CT molecular complexity index is 1270. The summed E-state index contributed by atoms with van der Waals surface area (Å²) >= 11 is 0. The SMILES string of the molecule is O=C1CCNC(=O)CNC(=O)CNC(=O)CNC(=O)CNC(=O)CNC(=O)CNC(=O)C2CCN2C(=O)CNC(=O)CNC(=O)CN1. The predicted molar refractivity (Wildman–Crippen MR) is 155 cm³/mol. The van der Waals surface area contributed by atoms with Gasteiger partial charge in [0, 0.05) is 19.5 Å². The van der Waals surface area contributed by atoms with Gasteiger partial charge in [-0.15, -0.1) is 0 Å². The molecule has 22 nitrogen and oxygen atoms in total. The molecule has 2 rings (SSSR count). The molecule has 0 saturated carbocycles. The van der Waals surface area contributed by atoms with Gasteiger partial charge in [-0.05, 0) is 6.42 Å². The van der Waals surface area contributed by atoms with Crippen molar-refractivity contribution in [3.63, 3.8) is 0 Å². The number of nitrogens with one attached hydrogen (secondary N) is 10. The standard InChI is InChI=1S/C25H37N11O11/c37-15-1-3-26-16(38)5-28-18(40)7-29-19(41)8-30-20(42)9-31-21(43)10-33-23(45)12-35-25(47)14-2-4-36(14)24(46)13-34-22(44)11-32-17(39)6-27-15/h14H,1-13H2,(H,26,38)(H,27,37)(H,28,40)(H,29,41)(H,30,42)(H,31,43)(H,32,39)(H,33,45)(H,34,44)(H,35,47). The van der Waals surface area contributed by atoms with E-state index < -0.39 is 130 Å². The van der Waals surface area contributed by atoms with Crippen molar-refractivity contribution in [2.24, 2.45) is 0 Å². The lowest BCUT2D eigenvalue weighted by Crippen LogP contribution is -2.60. The van der Waals surface area contributed by atoms with E-state index in [4.69, 9.17) is 0 Å². The average Bonchev–Trinajstić information content (AvgIpc) is 3.02. The van der Waals surface area contributed by atoms with Crippen molar-refractivity contribution < 1.29 is 52.7 Å². The molecular weight excluding hydrogens is 630 g/mol. The fraction of sp³-hybridized carbons (Fsp3) is 0.560. The maximum atomic E-state index is 12.4. The number of nitrogens with zero attached hydrogens (tertiary/aromatic N) is 1. The van der Waals surface area contributed by atoms with Crippen LogP contribution in [0.1, 0.15) is 12.8 Å². The Balaban J connectivity index is 1.87. The third-order valence-electron chi connectivity index (χ3n) is 6.30. The molecule has 10 N–H and O–H groups in total. The van der Waals surface area contributed by atoms with Crippen molar-refractivity contribution >= 4 is 65.0 Å². The molecule has 22 heteroatoms. The largest absolute Gasteiger partial charge is 0.354 e. The highest BCUT2D eigenvalue weighted by atomic mass is 16.2. The smallest absolute Gasteiger partial charge is 0.243 e. The number of carbonyl (C=O) groups excluding carboxylic acids is 11. The van der Waals surface area contributed by atoms with E-state index in [0.717, 1.165) is 0 Å². The Kier molecular flexibility index (Phi) is 15.5. The molecule has 2 aliphatic rings. The summed E-state index contributed by atoms with van der Waals surface area (Å²) in [5.74, 6) is -7.56. The molecule has 0 aromatic rings. The van der Waals surface area contributed by atoms with Gasteiger partial charge in [-0.1, -0.05) is 0 Å². The van der Waals surface area contributed by atoms with Crippen LogP contribution in [0.25, 0.3) is 0 Å². The number of hydrogen-bond donors (Lipinski definition) is 10. The van der Waals surface area contributed by atoms with Gasteiger partial charge in [0.2, 0.25) is 65.0 Å². The van der Waals surface area contributed by atoms with Gasteiger partial charge < -0.3 is 58.1 Å². The van der Waals surface area contributed by atoms with Gasteiger partial charge in [-0.2, -0.15) is 0 Å². The average molecular weight is 668 g/mol. The number of fused-ring (bicyclic) bond motifs is 1. The molecule has 0 aromatic carbocycles. The normalized spacial score (nSPS) is 22.0. The van der Waals surface area contributed by atoms with E-state index in [1.807, 2.05) is 0 Å². The second kappa shape index (κ2) is 19.5. The van der Waals surface area contributed by atoms with Crippen molar-refractivity contribution in [2.45, 2.75) is 18.9 Å². The van der Waals surface area contributed by atoms with Crippen LogP contribution in [-0.4, -0.2) is 148 Å². The first kappa shape index (κ1) is 37.4. The van der Waals surface area contributed by atoms with Crippen molar-refractivity contribution in [2.75, 3.05) is 72.0 Å². The lowest BCUT2D eigenvalue weighted by Gasteiger charge is -2.39. The fourth-order valence-electron chi connectivity index (χ4n) is 3.68. The molecule has 47 heavy (non-hydrogen) atoms. The molecule has 0 bridgehead atoms. The summed E-state index contributed by atoms with van der Waals surface area (Å²) in [5.41, 5.74) is 0. The molecule has 0 spiro atoms. The maximum absolute atomic E-state index is 12.4. The van der Waals surface area contributed by atoms with E-state index in [1.165, 1.54) is 4.90 Å². The highest BCUT2D eigenvalue weighted by Crippen LogP contribution is 2.17. The van der Waals surface area contributed by atoms with Gasteiger partial charge in [-0.25, -0.2) is 0 Å². The summed E-state index contributed by atoms with van der Waals surface area (Å²) in [6.07, 6.45) is 0.104. The van der Waals surface area contributed by atoms with Gasteiger partial charge in [0.15, 0.2) is 0 Å². The van der Waals surface area contributed by atoms with Crippen molar-refractivity contribution in [1.29, 1.82) is 0 Å². The first-order valence-electron chi connectivity index (χ1n) is 14.3. The first-order valence-corrected chi connectivity index (χ1v) is 14.3. The van der Waals surface area contributed by atoms with E-state index >= 15 is 0 Å². The molecule has 0 radical (unpaired) electrons. The van der Waals surface area contributed by atoms with Crippen molar-refractivity contribution in [3.8, 4) is 0 Å². The van der Waals surface area contributed by atoms with E-state index in [0.29, 0.717) is 6.42 Å². The molecular formula is C25H37N11O11. The molecule has 2 fully saturated rings. The summed E-state index contributed by atoms with van der Waals surface area (Å²) in [4.78, 5) is 133. The molecule has 2 saturated heterocycles. The summed E-state index contributed by atoms with van der Waals surface area (Å²) < 4.78 is 0. The second-order valence-corrected chi connectivity index (χ2v) is 9.92. The number of amides is 11. The minimum Gasteiger partial charge on any atom is -0.354 e. The van der Waals surface area contributed by atoms with Gasteiger partial charge >= 0.3 is 0 Å². The second-order valence-electron chi connectivity index (χ2n) is 9.92. The van der Waals surface area contributed by atoms with Crippen molar-refractivity contribution in [3.05, 3.63) is 0 Å². The van der Waals surface area contributed by atoms with Crippen LogP contribution in [0.5, 0.6) is 0 Å². The van der Waals surface area contributed by atoms with Gasteiger partial charge in [0.05, 0.1) is 58.9 Å². The Labute approximate surface area is 267 Å². The summed E-state index contributed by atoms with van der Waals surface area (Å²) in [5, 5.41) is 22.7. The fourth-order valence-corrected chi connectivity index (χ4v) is 3.68. The zero-order valence-corrected chi connectivity index (χ0v) is 25.2. The topological polar surface area (TPSA) is 311 Å². The van der Waals surface area contributed by atoms with E-state index in [1.54, 1.807) is 0 Å². The van der Waals surface area contributed by atoms with Crippen LogP contribution in [0.3, 0.4) is 0 Å². The molecule has 0 aromatic heterocycles. The molecule has 1 atom stereocenters. The quantitative estimate of drug-likeness (QED) is 0.116. The number of rotatable bonds is 0. The minimum absolute atomic E-state index is 0.121. The maximum Gasteiger partial charge on any atom is 0.243 e. The molecule has 0 aliphatic carbocycles. The molecule has 2 aliphatic heterocycles. The predicted octanol–water partition coefficient (Wildman–Crippen LogP) is -8.85. The first-order chi connectivity index (χ1) is 22.3. The van der Waals surface area contributed by atoms with Crippen LogP contribution in [0.15, 0.2) is 0 Å². The van der Waals surface area contributed by atoms with Gasteiger partial charge in [0.25, 0.3) is 0 Å². The Morgan fingerprint density at radius 3 is 1.06 bits per heavy atom. The zero-order chi connectivity index (χ0) is 34.8. The lowest BCUT2D eigenvalue weighted by atomic mass is 10.0. The van der Waals surface area contributed by atoms with Crippen LogP contribution in [0.2, 0.25) is 0 Å². The Morgan fingerprint density at radius 2 is 0.702 bits per heavy atom. The van der Waals surface area contributed by atoms with Crippen LogP contribution in [-0.2, 0) is 52.7 Å². The summed E-state index contributed by atoms with van der Waals surface area (Å²) in [7, 11) is 0. The van der Waals surface area contributed by atoms with Gasteiger partial charge in [-0.3, -0.25) is 52.7 Å². The molecule has 11 amide bonds. The summed E-state index contributed by atoms with van der Waals surface area (Å²) in [6.45, 7) is -4.40. The van der Waals surface area contributed by atoms with Crippen molar-refractivity contribution in [1.82, 2.24) is 58.1 Å². The minimum atomic E-state index is -0.882. The lowest BCUT2D eigenvalue weighted by molar-refractivity contribution is -0.147. The molecule has 258 valence electrons. The number of hydrogen-bond acceptors (Lipinski definition) is 11. The van der Waals surface area contributed by atoms with E-state index in [2.05, 4.69) is 53.2 Å². The van der Waals surface area contributed by atoms with Crippen LogP contribution in [0.4, 0.5) is 0 Å².